The number of Topliss-reactive ketones (excluding diaryl/α,β-unsaturated/α-hetero) is 1. The molecule has 100 valence electrons. The highest BCUT2D eigenvalue weighted by Crippen LogP contribution is 2.16. The zero-order chi connectivity index (χ0) is 13.2. The van der Waals surface area contributed by atoms with E-state index in [0.717, 1.165) is 19.3 Å². The third-order valence-corrected chi connectivity index (χ3v) is 3.18. The van der Waals surface area contributed by atoms with E-state index in [-0.39, 0.29) is 11.9 Å². The van der Waals surface area contributed by atoms with Crippen molar-refractivity contribution in [2.24, 2.45) is 0 Å². The Morgan fingerprint density at radius 3 is 2.22 bits per heavy atom. The minimum Gasteiger partial charge on any atom is -0.393 e. The Balaban J connectivity index is 0.000000199. The van der Waals surface area contributed by atoms with Gasteiger partial charge >= 0.3 is 0 Å². The van der Waals surface area contributed by atoms with Crippen LogP contribution < -0.4 is 0 Å². The molecule has 0 atom stereocenters. The molecule has 1 aliphatic carbocycles. The standard InChI is InChI=1S/C10H12O.C6H12O/c1-9(11)7-8-10-5-3-2-4-6-10;7-6-4-2-1-3-5-6/h2-6H,7-8H2,1H3;6-7H,1-5H2. The van der Waals surface area contributed by atoms with Gasteiger partial charge in [-0.25, -0.2) is 0 Å². The lowest BCUT2D eigenvalue weighted by molar-refractivity contribution is -0.116. The number of hydrogen-bond donors (Lipinski definition) is 1. The van der Waals surface area contributed by atoms with Gasteiger partial charge in [0.2, 0.25) is 0 Å². The molecule has 0 aromatic heterocycles. The number of aliphatic hydroxyl groups is 1. The van der Waals surface area contributed by atoms with Crippen molar-refractivity contribution in [2.45, 2.75) is 58.0 Å². The summed E-state index contributed by atoms with van der Waals surface area (Å²) < 4.78 is 0. The maximum Gasteiger partial charge on any atom is 0.130 e. The topological polar surface area (TPSA) is 37.3 Å². The average molecular weight is 248 g/mol. The quantitative estimate of drug-likeness (QED) is 0.888. The molecule has 2 nitrogen and oxygen atoms in total. The highest BCUT2D eigenvalue weighted by molar-refractivity contribution is 5.75. The van der Waals surface area contributed by atoms with Crippen LogP contribution in [0.5, 0.6) is 0 Å². The molecule has 1 saturated carbocycles. The zero-order valence-corrected chi connectivity index (χ0v) is 11.3. The van der Waals surface area contributed by atoms with Gasteiger partial charge in [-0.2, -0.15) is 0 Å². The summed E-state index contributed by atoms with van der Waals surface area (Å²) in [5, 5.41) is 8.91. The first-order chi connectivity index (χ1) is 8.68. The van der Waals surface area contributed by atoms with Gasteiger partial charge in [-0.3, -0.25) is 0 Å². The van der Waals surface area contributed by atoms with Gasteiger partial charge in [-0.15, -0.1) is 0 Å². The number of aliphatic hydroxyl groups excluding tert-OH is 1. The number of rotatable bonds is 3. The Kier molecular flexibility index (Phi) is 7.35. The number of carbonyl (C=O) groups is 1. The Bertz CT molecular complexity index is 326. The Morgan fingerprint density at radius 1 is 1.17 bits per heavy atom. The molecule has 0 amide bonds. The minimum absolute atomic E-state index is 0.0359. The lowest BCUT2D eigenvalue weighted by Gasteiger charge is -2.14. The van der Waals surface area contributed by atoms with E-state index >= 15 is 0 Å². The fraction of sp³-hybridized carbons (Fsp3) is 0.562. The van der Waals surface area contributed by atoms with Crippen LogP contribution in [0.1, 0.15) is 51.0 Å². The van der Waals surface area contributed by atoms with Crippen molar-refractivity contribution < 1.29 is 9.90 Å². The Labute approximate surface area is 110 Å². The molecule has 0 heterocycles. The van der Waals surface area contributed by atoms with Crippen molar-refractivity contribution >= 4 is 5.78 Å². The fourth-order valence-electron chi connectivity index (χ4n) is 2.05. The summed E-state index contributed by atoms with van der Waals surface area (Å²) in [6.07, 6.45) is 7.45. The SMILES string of the molecule is CC(=O)CCc1ccccc1.OC1CCCCC1. The maximum atomic E-state index is 10.6. The van der Waals surface area contributed by atoms with Crippen LogP contribution in [0, 0.1) is 0 Å². The summed E-state index contributed by atoms with van der Waals surface area (Å²) in [6, 6.07) is 10.1. The van der Waals surface area contributed by atoms with Crippen LogP contribution in [0.15, 0.2) is 30.3 Å². The van der Waals surface area contributed by atoms with E-state index in [1.54, 1.807) is 6.92 Å². The molecular formula is C16H24O2. The smallest absolute Gasteiger partial charge is 0.130 e. The third kappa shape index (κ3) is 7.23. The number of carbonyl (C=O) groups excluding carboxylic acids is 1. The van der Waals surface area contributed by atoms with Gasteiger partial charge in [0.05, 0.1) is 6.10 Å². The third-order valence-electron chi connectivity index (χ3n) is 3.18. The van der Waals surface area contributed by atoms with Gasteiger partial charge in [-0.1, -0.05) is 49.6 Å². The van der Waals surface area contributed by atoms with Crippen molar-refractivity contribution in [2.75, 3.05) is 0 Å². The largest absolute Gasteiger partial charge is 0.393 e. The molecule has 1 aromatic rings. The van der Waals surface area contributed by atoms with Crippen LogP contribution in [0.4, 0.5) is 0 Å². The summed E-state index contributed by atoms with van der Waals surface area (Å²) in [6.45, 7) is 1.63. The molecule has 0 saturated heterocycles. The van der Waals surface area contributed by atoms with E-state index in [9.17, 15) is 4.79 Å². The van der Waals surface area contributed by atoms with Crippen molar-refractivity contribution in [3.63, 3.8) is 0 Å². The fourth-order valence-corrected chi connectivity index (χ4v) is 2.05. The molecule has 2 heteroatoms. The number of hydrogen-bond acceptors (Lipinski definition) is 2. The average Bonchev–Trinajstić information content (AvgIpc) is 2.39. The second kappa shape index (κ2) is 8.87. The summed E-state index contributed by atoms with van der Waals surface area (Å²) in [5.74, 6) is 0.258. The minimum atomic E-state index is 0.0359. The van der Waals surface area contributed by atoms with Crippen LogP contribution >= 0.6 is 0 Å². The first-order valence-electron chi connectivity index (χ1n) is 6.90. The molecule has 18 heavy (non-hydrogen) atoms. The van der Waals surface area contributed by atoms with Gasteiger partial charge in [0.25, 0.3) is 0 Å². The summed E-state index contributed by atoms with van der Waals surface area (Å²) >= 11 is 0. The molecule has 0 unspecified atom stereocenters. The van der Waals surface area contributed by atoms with Crippen LogP contribution in [-0.2, 0) is 11.2 Å². The number of aryl methyl sites for hydroxylation is 1. The molecule has 2 rings (SSSR count). The zero-order valence-electron chi connectivity index (χ0n) is 11.3. The van der Waals surface area contributed by atoms with Crippen molar-refractivity contribution in [3.8, 4) is 0 Å². The van der Waals surface area contributed by atoms with E-state index in [0.29, 0.717) is 6.42 Å². The van der Waals surface area contributed by atoms with Crippen LogP contribution in [0.2, 0.25) is 0 Å². The van der Waals surface area contributed by atoms with Crippen LogP contribution in [0.3, 0.4) is 0 Å². The highest BCUT2D eigenvalue weighted by Gasteiger charge is 2.07. The van der Waals surface area contributed by atoms with Gasteiger partial charge in [0, 0.05) is 6.42 Å². The molecule has 0 aliphatic heterocycles. The van der Waals surface area contributed by atoms with Gasteiger partial charge in [0.1, 0.15) is 5.78 Å². The molecule has 0 spiro atoms. The normalized spacial score (nSPS) is 15.7. The lowest BCUT2D eigenvalue weighted by Crippen LogP contribution is -2.09. The summed E-state index contributed by atoms with van der Waals surface area (Å²) in [4.78, 5) is 10.6. The van der Waals surface area contributed by atoms with E-state index in [2.05, 4.69) is 0 Å². The monoisotopic (exact) mass is 248 g/mol. The first-order valence-corrected chi connectivity index (χ1v) is 6.90. The second-order valence-corrected chi connectivity index (χ2v) is 4.98. The molecule has 0 bridgehead atoms. The van der Waals surface area contributed by atoms with Gasteiger partial charge in [-0.05, 0) is 31.7 Å². The van der Waals surface area contributed by atoms with Crippen molar-refractivity contribution in [1.29, 1.82) is 0 Å². The molecule has 1 fully saturated rings. The molecule has 1 N–H and O–H groups in total. The summed E-state index contributed by atoms with van der Waals surface area (Å²) in [5.41, 5.74) is 1.24. The highest BCUT2D eigenvalue weighted by atomic mass is 16.3. The first kappa shape index (κ1) is 14.9. The van der Waals surface area contributed by atoms with E-state index < -0.39 is 0 Å². The van der Waals surface area contributed by atoms with Crippen molar-refractivity contribution in [1.82, 2.24) is 0 Å². The number of ketones is 1. The lowest BCUT2D eigenvalue weighted by atomic mass is 9.98. The predicted octanol–water partition coefficient (Wildman–Crippen LogP) is 3.52. The predicted molar refractivity (Wildman–Crippen MR) is 74.5 cm³/mol. The van der Waals surface area contributed by atoms with E-state index in [1.165, 1.54) is 24.8 Å². The van der Waals surface area contributed by atoms with E-state index in [4.69, 9.17) is 5.11 Å². The van der Waals surface area contributed by atoms with E-state index in [1.807, 2.05) is 30.3 Å². The Hall–Kier alpha value is -1.15. The molecular weight excluding hydrogens is 224 g/mol. The summed E-state index contributed by atoms with van der Waals surface area (Å²) in [7, 11) is 0. The van der Waals surface area contributed by atoms with Crippen LogP contribution in [0.25, 0.3) is 0 Å². The number of benzene rings is 1. The molecule has 0 radical (unpaired) electrons. The maximum absolute atomic E-state index is 10.6. The Morgan fingerprint density at radius 2 is 1.78 bits per heavy atom. The second-order valence-electron chi connectivity index (χ2n) is 4.98. The van der Waals surface area contributed by atoms with Gasteiger partial charge < -0.3 is 9.90 Å². The van der Waals surface area contributed by atoms with Crippen molar-refractivity contribution in [3.05, 3.63) is 35.9 Å². The molecule has 1 aliphatic rings. The van der Waals surface area contributed by atoms with Gasteiger partial charge in [0.15, 0.2) is 0 Å². The van der Waals surface area contributed by atoms with Crippen LogP contribution in [-0.4, -0.2) is 17.0 Å². The molecule has 1 aromatic carbocycles.